The van der Waals surface area contributed by atoms with Gasteiger partial charge in [0.25, 0.3) is 0 Å². The van der Waals surface area contributed by atoms with E-state index >= 15 is 0 Å². The zero-order valence-corrected chi connectivity index (χ0v) is 18.5. The van der Waals surface area contributed by atoms with Crippen molar-refractivity contribution >= 4 is 23.4 Å². The summed E-state index contributed by atoms with van der Waals surface area (Å²) in [4.78, 5) is 19.9. The normalized spacial score (nSPS) is 13.6. The maximum atomic E-state index is 13.2. The molecule has 5 rings (SSSR count). The third kappa shape index (κ3) is 4.01. The van der Waals surface area contributed by atoms with Gasteiger partial charge < -0.3 is 4.90 Å². The number of fused-ring (bicyclic) bond motifs is 1. The number of anilines is 1. The number of para-hydroxylation sites is 1. The molecule has 32 heavy (non-hydrogen) atoms. The van der Waals surface area contributed by atoms with E-state index in [1.165, 1.54) is 17.3 Å². The van der Waals surface area contributed by atoms with Crippen molar-refractivity contribution in [3.05, 3.63) is 90.5 Å². The Labute approximate surface area is 191 Å². The number of amides is 1. The average Bonchev–Trinajstić information content (AvgIpc) is 3.29. The van der Waals surface area contributed by atoms with Crippen LogP contribution < -0.4 is 4.90 Å². The first-order valence-corrected chi connectivity index (χ1v) is 11.5. The highest BCUT2D eigenvalue weighted by atomic mass is 32.2. The van der Waals surface area contributed by atoms with Crippen molar-refractivity contribution < 1.29 is 4.79 Å². The Morgan fingerprint density at radius 2 is 1.47 bits per heavy atom. The molecule has 1 atom stereocenters. The van der Waals surface area contributed by atoms with E-state index in [2.05, 4.69) is 16.3 Å². The highest BCUT2D eigenvalue weighted by molar-refractivity contribution is 8.00. The molecule has 0 spiro atoms. The molecule has 1 aliphatic heterocycles. The third-order valence-corrected chi connectivity index (χ3v) is 6.48. The first kappa shape index (κ1) is 20.4. The van der Waals surface area contributed by atoms with Crippen LogP contribution in [-0.4, -0.2) is 32.9 Å². The van der Waals surface area contributed by atoms with E-state index in [0.717, 1.165) is 34.6 Å². The molecule has 0 bridgehead atoms. The van der Waals surface area contributed by atoms with E-state index in [1.54, 1.807) is 0 Å². The van der Waals surface area contributed by atoms with Crippen molar-refractivity contribution in [2.45, 2.75) is 23.8 Å². The monoisotopic (exact) mass is 438 g/mol. The van der Waals surface area contributed by atoms with Crippen LogP contribution in [0.5, 0.6) is 0 Å². The SMILES string of the molecule is C[C@@H](Sc1nnc(-c2ccccc2)c(-c2ccccc2)n1)C(=O)N1CCc2ccccc21. The standard InChI is InChI=1S/C26H22N4OS/c1-18(25(31)30-17-16-19-10-8-9-15-22(19)30)32-26-27-23(20-11-4-2-5-12-20)24(28-29-26)21-13-6-3-7-14-21/h2-15,18H,16-17H2,1H3/t18-/m1/s1. The Bertz CT molecular complexity index is 1250. The molecule has 0 radical (unpaired) electrons. The summed E-state index contributed by atoms with van der Waals surface area (Å²) >= 11 is 1.35. The number of hydrogen-bond acceptors (Lipinski definition) is 5. The zero-order valence-electron chi connectivity index (χ0n) is 17.7. The van der Waals surface area contributed by atoms with Crippen LogP contribution in [0, 0.1) is 0 Å². The Hall–Kier alpha value is -3.51. The van der Waals surface area contributed by atoms with Gasteiger partial charge in [-0.05, 0) is 25.0 Å². The smallest absolute Gasteiger partial charge is 0.240 e. The molecule has 0 saturated heterocycles. The van der Waals surface area contributed by atoms with Crippen LogP contribution in [0.1, 0.15) is 12.5 Å². The zero-order chi connectivity index (χ0) is 21.9. The minimum atomic E-state index is -0.325. The Morgan fingerprint density at radius 3 is 2.19 bits per heavy atom. The second kappa shape index (κ2) is 8.93. The largest absolute Gasteiger partial charge is 0.311 e. The van der Waals surface area contributed by atoms with E-state index in [-0.39, 0.29) is 11.2 Å². The summed E-state index contributed by atoms with van der Waals surface area (Å²) in [7, 11) is 0. The third-order valence-electron chi connectivity index (χ3n) is 5.54. The topological polar surface area (TPSA) is 59.0 Å². The van der Waals surface area contributed by atoms with E-state index in [4.69, 9.17) is 4.98 Å². The molecule has 5 nitrogen and oxygen atoms in total. The molecule has 1 amide bonds. The molecule has 158 valence electrons. The second-order valence-electron chi connectivity index (χ2n) is 7.65. The van der Waals surface area contributed by atoms with Gasteiger partial charge in [-0.3, -0.25) is 4.79 Å². The molecule has 0 N–H and O–H groups in total. The second-order valence-corrected chi connectivity index (χ2v) is 8.96. The van der Waals surface area contributed by atoms with Gasteiger partial charge in [-0.1, -0.05) is 90.6 Å². The van der Waals surface area contributed by atoms with Crippen LogP contribution >= 0.6 is 11.8 Å². The van der Waals surface area contributed by atoms with Crippen LogP contribution in [0.4, 0.5) is 5.69 Å². The van der Waals surface area contributed by atoms with Crippen molar-refractivity contribution in [2.24, 2.45) is 0 Å². The number of carbonyl (C=O) groups is 1. The molecular formula is C26H22N4OS. The lowest BCUT2D eigenvalue weighted by Gasteiger charge is -2.21. The quantitative estimate of drug-likeness (QED) is 0.397. The van der Waals surface area contributed by atoms with Crippen LogP contribution in [0.25, 0.3) is 22.5 Å². The fourth-order valence-electron chi connectivity index (χ4n) is 3.94. The number of carbonyl (C=O) groups excluding carboxylic acids is 1. The Kier molecular flexibility index (Phi) is 5.69. The minimum absolute atomic E-state index is 0.0666. The van der Waals surface area contributed by atoms with Gasteiger partial charge in [0.15, 0.2) is 0 Å². The van der Waals surface area contributed by atoms with Gasteiger partial charge in [-0.15, -0.1) is 10.2 Å². The predicted octanol–water partition coefficient (Wildman–Crippen LogP) is 5.28. The van der Waals surface area contributed by atoms with Gasteiger partial charge in [-0.25, -0.2) is 4.98 Å². The summed E-state index contributed by atoms with van der Waals surface area (Å²) in [6.45, 7) is 2.62. The summed E-state index contributed by atoms with van der Waals surface area (Å²) in [5, 5.41) is 9.05. The fraction of sp³-hybridized carbons (Fsp3) is 0.154. The van der Waals surface area contributed by atoms with Gasteiger partial charge in [0.05, 0.1) is 5.25 Å². The molecule has 1 aliphatic rings. The maximum absolute atomic E-state index is 13.2. The van der Waals surface area contributed by atoms with Gasteiger partial charge in [-0.2, -0.15) is 0 Å². The summed E-state index contributed by atoms with van der Waals surface area (Å²) in [5.41, 5.74) is 5.65. The van der Waals surface area contributed by atoms with Gasteiger partial charge in [0, 0.05) is 23.4 Å². The molecule has 0 saturated carbocycles. The molecular weight excluding hydrogens is 416 g/mol. The number of nitrogens with zero attached hydrogens (tertiary/aromatic N) is 4. The number of thioether (sulfide) groups is 1. The number of benzene rings is 3. The van der Waals surface area contributed by atoms with Gasteiger partial charge in [0.1, 0.15) is 11.4 Å². The fourth-order valence-corrected chi connectivity index (χ4v) is 4.72. The lowest BCUT2D eigenvalue weighted by Crippen LogP contribution is -2.35. The Morgan fingerprint density at radius 1 is 0.844 bits per heavy atom. The van der Waals surface area contributed by atoms with Gasteiger partial charge in [0.2, 0.25) is 11.1 Å². The van der Waals surface area contributed by atoms with E-state index in [0.29, 0.717) is 11.7 Å². The lowest BCUT2D eigenvalue weighted by atomic mass is 10.0. The summed E-state index contributed by atoms with van der Waals surface area (Å²) in [5.74, 6) is 0.0666. The van der Waals surface area contributed by atoms with Crippen molar-refractivity contribution in [1.29, 1.82) is 0 Å². The highest BCUT2D eigenvalue weighted by Crippen LogP contribution is 2.33. The Balaban J connectivity index is 1.44. The molecule has 6 heteroatoms. The minimum Gasteiger partial charge on any atom is -0.311 e. The maximum Gasteiger partial charge on any atom is 0.240 e. The van der Waals surface area contributed by atoms with E-state index in [9.17, 15) is 4.79 Å². The van der Waals surface area contributed by atoms with Crippen LogP contribution in [-0.2, 0) is 11.2 Å². The summed E-state index contributed by atoms with van der Waals surface area (Å²) in [6.07, 6.45) is 0.890. The van der Waals surface area contributed by atoms with E-state index < -0.39 is 0 Å². The van der Waals surface area contributed by atoms with Crippen molar-refractivity contribution in [3.63, 3.8) is 0 Å². The van der Waals surface area contributed by atoms with Crippen molar-refractivity contribution in [2.75, 3.05) is 11.4 Å². The van der Waals surface area contributed by atoms with Crippen LogP contribution in [0.15, 0.2) is 90.1 Å². The average molecular weight is 439 g/mol. The molecule has 2 heterocycles. The molecule has 0 fully saturated rings. The summed E-state index contributed by atoms with van der Waals surface area (Å²) < 4.78 is 0. The van der Waals surface area contributed by atoms with Crippen LogP contribution in [0.2, 0.25) is 0 Å². The number of rotatable bonds is 5. The molecule has 0 aliphatic carbocycles. The van der Waals surface area contributed by atoms with E-state index in [1.807, 2.05) is 90.7 Å². The molecule has 0 unspecified atom stereocenters. The number of aromatic nitrogens is 3. The van der Waals surface area contributed by atoms with Crippen molar-refractivity contribution in [3.8, 4) is 22.5 Å². The predicted molar refractivity (Wildman–Crippen MR) is 129 cm³/mol. The first-order valence-electron chi connectivity index (χ1n) is 10.6. The number of hydrogen-bond donors (Lipinski definition) is 0. The molecule has 4 aromatic rings. The molecule has 1 aromatic heterocycles. The van der Waals surface area contributed by atoms with Crippen LogP contribution in [0.3, 0.4) is 0 Å². The van der Waals surface area contributed by atoms with Gasteiger partial charge >= 0.3 is 0 Å². The van der Waals surface area contributed by atoms with Crippen molar-refractivity contribution in [1.82, 2.24) is 15.2 Å². The first-order chi connectivity index (χ1) is 15.7. The lowest BCUT2D eigenvalue weighted by molar-refractivity contribution is -0.117. The molecule has 3 aromatic carbocycles. The summed E-state index contributed by atoms with van der Waals surface area (Å²) in [6, 6.07) is 28.0. The highest BCUT2D eigenvalue weighted by Gasteiger charge is 2.29.